The molecule has 0 aromatic heterocycles. The summed E-state index contributed by atoms with van der Waals surface area (Å²) in [4.78, 5) is 5.09. The third kappa shape index (κ3) is 2.96. The van der Waals surface area contributed by atoms with Crippen LogP contribution >= 0.6 is 0 Å². The zero-order valence-electron chi connectivity index (χ0n) is 10.6. The predicted octanol–water partition coefficient (Wildman–Crippen LogP) is 1.32. The van der Waals surface area contributed by atoms with Gasteiger partial charge in [-0.3, -0.25) is 4.90 Å². The summed E-state index contributed by atoms with van der Waals surface area (Å²) in [6.45, 7) is 3.89. The molecule has 94 valence electrons. The van der Waals surface area contributed by atoms with Crippen LogP contribution in [0.5, 0.6) is 0 Å². The number of aliphatic hydroxyl groups excluding tert-OH is 1. The van der Waals surface area contributed by atoms with Crippen molar-refractivity contribution in [3.63, 3.8) is 0 Å². The Labute approximate surface area is 99.4 Å². The summed E-state index contributed by atoms with van der Waals surface area (Å²) in [5, 5.41) is 9.09. The zero-order chi connectivity index (χ0) is 11.4. The molecule has 2 aliphatic rings. The molecule has 2 rings (SSSR count). The Balaban J connectivity index is 1.86. The van der Waals surface area contributed by atoms with Crippen molar-refractivity contribution in [3.05, 3.63) is 0 Å². The molecule has 1 heterocycles. The summed E-state index contributed by atoms with van der Waals surface area (Å²) >= 11 is 0. The summed E-state index contributed by atoms with van der Waals surface area (Å²) in [5.41, 5.74) is 0. The van der Waals surface area contributed by atoms with Crippen LogP contribution in [0.15, 0.2) is 0 Å². The molecule has 2 fully saturated rings. The molecule has 1 saturated heterocycles. The first kappa shape index (κ1) is 12.3. The molecule has 0 spiro atoms. The minimum atomic E-state index is 0.327. The van der Waals surface area contributed by atoms with Crippen LogP contribution in [0.2, 0.25) is 0 Å². The summed E-state index contributed by atoms with van der Waals surface area (Å²) in [7, 11) is 2.19. The minimum Gasteiger partial charge on any atom is -0.396 e. The Morgan fingerprint density at radius 2 is 1.88 bits per heavy atom. The Hall–Kier alpha value is -0.120. The highest BCUT2D eigenvalue weighted by Gasteiger charge is 2.29. The lowest BCUT2D eigenvalue weighted by atomic mass is 9.93. The maximum Gasteiger partial charge on any atom is 0.0446 e. The van der Waals surface area contributed by atoms with Crippen LogP contribution in [-0.4, -0.2) is 60.3 Å². The fourth-order valence-corrected chi connectivity index (χ4v) is 3.21. The standard InChI is InChI=1S/C13H26N2O/c1-14-8-9-15(11-13(14)7-10-16)12-5-3-2-4-6-12/h12-13,16H,2-11H2,1H3. The van der Waals surface area contributed by atoms with Gasteiger partial charge in [0.15, 0.2) is 0 Å². The van der Waals surface area contributed by atoms with Gasteiger partial charge < -0.3 is 10.0 Å². The SMILES string of the molecule is CN1CCN(C2CCCCC2)CC1CCO. The van der Waals surface area contributed by atoms with Crippen LogP contribution in [0, 0.1) is 0 Å². The molecule has 1 aliphatic heterocycles. The second-order valence-electron chi connectivity index (χ2n) is 5.43. The molecule has 0 bridgehead atoms. The van der Waals surface area contributed by atoms with E-state index in [1.807, 2.05) is 0 Å². The average Bonchev–Trinajstić information content (AvgIpc) is 2.33. The molecule has 0 amide bonds. The van der Waals surface area contributed by atoms with Gasteiger partial charge in [-0.05, 0) is 26.3 Å². The van der Waals surface area contributed by atoms with E-state index in [-0.39, 0.29) is 0 Å². The van der Waals surface area contributed by atoms with Gasteiger partial charge in [-0.15, -0.1) is 0 Å². The lowest BCUT2D eigenvalue weighted by molar-refractivity contribution is 0.0406. The summed E-state index contributed by atoms with van der Waals surface area (Å²) in [6.07, 6.45) is 8.00. The van der Waals surface area contributed by atoms with Crippen LogP contribution in [0.4, 0.5) is 0 Å². The Morgan fingerprint density at radius 3 is 2.56 bits per heavy atom. The highest BCUT2D eigenvalue weighted by Crippen LogP contribution is 2.24. The number of piperazine rings is 1. The largest absolute Gasteiger partial charge is 0.396 e. The molecule has 1 atom stereocenters. The van der Waals surface area contributed by atoms with E-state index in [1.165, 1.54) is 51.7 Å². The van der Waals surface area contributed by atoms with Crippen molar-refractivity contribution in [3.8, 4) is 0 Å². The molecule has 0 aromatic carbocycles. The van der Waals surface area contributed by atoms with Gasteiger partial charge >= 0.3 is 0 Å². The molecule has 16 heavy (non-hydrogen) atoms. The summed E-state index contributed by atoms with van der Waals surface area (Å²) < 4.78 is 0. The van der Waals surface area contributed by atoms with E-state index in [0.717, 1.165) is 12.5 Å². The minimum absolute atomic E-state index is 0.327. The van der Waals surface area contributed by atoms with Gasteiger partial charge in [0, 0.05) is 38.3 Å². The van der Waals surface area contributed by atoms with Crippen LogP contribution in [0.1, 0.15) is 38.5 Å². The highest BCUT2D eigenvalue weighted by atomic mass is 16.3. The van der Waals surface area contributed by atoms with E-state index in [0.29, 0.717) is 12.6 Å². The van der Waals surface area contributed by atoms with E-state index in [4.69, 9.17) is 5.11 Å². The van der Waals surface area contributed by atoms with Gasteiger partial charge in [-0.2, -0.15) is 0 Å². The topological polar surface area (TPSA) is 26.7 Å². The van der Waals surface area contributed by atoms with Crippen molar-refractivity contribution in [2.24, 2.45) is 0 Å². The van der Waals surface area contributed by atoms with Gasteiger partial charge in [-0.25, -0.2) is 0 Å². The summed E-state index contributed by atoms with van der Waals surface area (Å²) in [6, 6.07) is 1.41. The molecular formula is C13H26N2O. The Bertz CT molecular complexity index is 204. The first-order valence-electron chi connectivity index (χ1n) is 6.86. The predicted molar refractivity (Wildman–Crippen MR) is 66.6 cm³/mol. The lowest BCUT2D eigenvalue weighted by Gasteiger charge is -2.44. The Morgan fingerprint density at radius 1 is 1.12 bits per heavy atom. The number of hydrogen-bond acceptors (Lipinski definition) is 3. The molecule has 1 unspecified atom stereocenters. The lowest BCUT2D eigenvalue weighted by Crippen LogP contribution is -2.55. The van der Waals surface area contributed by atoms with Gasteiger partial charge in [-0.1, -0.05) is 19.3 Å². The van der Waals surface area contributed by atoms with Gasteiger partial charge in [0.25, 0.3) is 0 Å². The van der Waals surface area contributed by atoms with Gasteiger partial charge in [0.2, 0.25) is 0 Å². The number of likely N-dealkylation sites (N-methyl/N-ethyl adjacent to an activating group) is 1. The molecule has 3 nitrogen and oxygen atoms in total. The van der Waals surface area contributed by atoms with Gasteiger partial charge in [0.1, 0.15) is 0 Å². The maximum atomic E-state index is 9.09. The fraction of sp³-hybridized carbons (Fsp3) is 1.00. The maximum absolute atomic E-state index is 9.09. The van der Waals surface area contributed by atoms with Crippen molar-refractivity contribution >= 4 is 0 Å². The first-order valence-corrected chi connectivity index (χ1v) is 6.86. The van der Waals surface area contributed by atoms with Crippen molar-refractivity contribution in [2.45, 2.75) is 50.6 Å². The molecule has 3 heteroatoms. The zero-order valence-corrected chi connectivity index (χ0v) is 10.6. The van der Waals surface area contributed by atoms with Crippen LogP contribution in [-0.2, 0) is 0 Å². The number of aliphatic hydroxyl groups is 1. The van der Waals surface area contributed by atoms with E-state index in [2.05, 4.69) is 16.8 Å². The quantitative estimate of drug-likeness (QED) is 0.786. The molecule has 0 aromatic rings. The van der Waals surface area contributed by atoms with Crippen molar-refractivity contribution in [1.29, 1.82) is 0 Å². The van der Waals surface area contributed by atoms with E-state index in [1.54, 1.807) is 0 Å². The molecule has 0 radical (unpaired) electrons. The third-order valence-electron chi connectivity index (χ3n) is 4.36. The average molecular weight is 226 g/mol. The van der Waals surface area contributed by atoms with Crippen LogP contribution in [0.25, 0.3) is 0 Å². The van der Waals surface area contributed by atoms with Gasteiger partial charge in [0.05, 0.1) is 0 Å². The second kappa shape index (κ2) is 5.99. The van der Waals surface area contributed by atoms with Crippen molar-refractivity contribution in [2.75, 3.05) is 33.3 Å². The molecule has 1 saturated carbocycles. The molecule has 1 aliphatic carbocycles. The number of nitrogens with zero attached hydrogens (tertiary/aromatic N) is 2. The van der Waals surface area contributed by atoms with Crippen LogP contribution < -0.4 is 0 Å². The van der Waals surface area contributed by atoms with Crippen LogP contribution in [0.3, 0.4) is 0 Å². The highest BCUT2D eigenvalue weighted by molar-refractivity contribution is 4.85. The van der Waals surface area contributed by atoms with E-state index >= 15 is 0 Å². The van der Waals surface area contributed by atoms with E-state index < -0.39 is 0 Å². The molecular weight excluding hydrogens is 200 g/mol. The van der Waals surface area contributed by atoms with Crippen molar-refractivity contribution < 1.29 is 5.11 Å². The van der Waals surface area contributed by atoms with Crippen molar-refractivity contribution in [1.82, 2.24) is 9.80 Å². The number of rotatable bonds is 3. The normalized spacial score (nSPS) is 30.8. The monoisotopic (exact) mass is 226 g/mol. The second-order valence-corrected chi connectivity index (χ2v) is 5.43. The van der Waals surface area contributed by atoms with E-state index in [9.17, 15) is 0 Å². The number of hydrogen-bond donors (Lipinski definition) is 1. The smallest absolute Gasteiger partial charge is 0.0446 e. The Kier molecular flexibility index (Phi) is 4.62. The first-order chi connectivity index (χ1) is 7.81. The fourth-order valence-electron chi connectivity index (χ4n) is 3.21. The summed E-state index contributed by atoms with van der Waals surface area (Å²) in [5.74, 6) is 0. The third-order valence-corrected chi connectivity index (χ3v) is 4.36. The molecule has 1 N–H and O–H groups in total.